The highest BCUT2D eigenvalue weighted by Gasteiger charge is 2.46. The Kier molecular flexibility index (Phi) is 2.37. The number of nitrogen functional groups attached to an aromatic ring is 1. The van der Waals surface area contributed by atoms with E-state index in [0.717, 1.165) is 6.42 Å². The molecule has 4 heteroatoms. The van der Waals surface area contributed by atoms with E-state index in [0.29, 0.717) is 5.56 Å². The van der Waals surface area contributed by atoms with Crippen LogP contribution in [0.25, 0.3) is 0 Å². The standard InChI is InChI=1S/C12H15FN2O/c1-12(2)6-10(12)15-11(16)7-3-4-8(13)9(14)5-7/h3-5,10H,6,14H2,1-2H3,(H,15,16). The van der Waals surface area contributed by atoms with Crippen LogP contribution in [-0.2, 0) is 0 Å². The lowest BCUT2D eigenvalue weighted by Gasteiger charge is -2.07. The quantitative estimate of drug-likeness (QED) is 0.751. The van der Waals surface area contributed by atoms with E-state index in [1.165, 1.54) is 18.2 Å². The number of carbonyl (C=O) groups is 1. The monoisotopic (exact) mass is 222 g/mol. The summed E-state index contributed by atoms with van der Waals surface area (Å²) < 4.78 is 12.9. The summed E-state index contributed by atoms with van der Waals surface area (Å²) in [6, 6.07) is 4.23. The Hall–Kier alpha value is -1.58. The second-order valence-electron chi connectivity index (χ2n) is 4.96. The average Bonchev–Trinajstić information content (AvgIpc) is 2.78. The molecule has 1 atom stereocenters. The number of hydrogen-bond acceptors (Lipinski definition) is 2. The summed E-state index contributed by atoms with van der Waals surface area (Å²) in [6.45, 7) is 4.19. The third-order valence-corrected chi connectivity index (χ3v) is 3.08. The first-order valence-electron chi connectivity index (χ1n) is 5.26. The zero-order valence-electron chi connectivity index (χ0n) is 9.38. The van der Waals surface area contributed by atoms with Crippen LogP contribution in [0.15, 0.2) is 18.2 Å². The first-order chi connectivity index (χ1) is 7.40. The maximum atomic E-state index is 12.9. The van der Waals surface area contributed by atoms with Gasteiger partial charge in [-0.2, -0.15) is 0 Å². The van der Waals surface area contributed by atoms with Crippen LogP contribution in [0.4, 0.5) is 10.1 Å². The molecular formula is C12H15FN2O. The minimum atomic E-state index is -0.497. The molecule has 1 fully saturated rings. The van der Waals surface area contributed by atoms with Crippen molar-refractivity contribution < 1.29 is 9.18 Å². The number of benzene rings is 1. The Labute approximate surface area is 93.8 Å². The van der Waals surface area contributed by atoms with Crippen molar-refractivity contribution in [3.63, 3.8) is 0 Å². The predicted molar refractivity (Wildman–Crippen MR) is 60.5 cm³/mol. The lowest BCUT2D eigenvalue weighted by molar-refractivity contribution is 0.0946. The van der Waals surface area contributed by atoms with Crippen molar-refractivity contribution in [3.8, 4) is 0 Å². The van der Waals surface area contributed by atoms with Gasteiger partial charge in [-0.15, -0.1) is 0 Å². The molecule has 1 unspecified atom stereocenters. The smallest absolute Gasteiger partial charge is 0.251 e. The van der Waals surface area contributed by atoms with Crippen LogP contribution < -0.4 is 11.1 Å². The highest BCUT2D eigenvalue weighted by molar-refractivity contribution is 5.95. The summed E-state index contributed by atoms with van der Waals surface area (Å²) in [6.07, 6.45) is 0.982. The van der Waals surface area contributed by atoms with Gasteiger partial charge in [0.05, 0.1) is 5.69 Å². The van der Waals surface area contributed by atoms with Crippen LogP contribution in [0.5, 0.6) is 0 Å². The van der Waals surface area contributed by atoms with Crippen molar-refractivity contribution >= 4 is 11.6 Å². The summed E-state index contributed by atoms with van der Waals surface area (Å²) in [5, 5.41) is 2.89. The molecular weight excluding hydrogens is 207 g/mol. The van der Waals surface area contributed by atoms with Crippen molar-refractivity contribution in [1.29, 1.82) is 0 Å². The fourth-order valence-corrected chi connectivity index (χ4v) is 1.64. The highest BCUT2D eigenvalue weighted by atomic mass is 19.1. The van der Waals surface area contributed by atoms with E-state index in [-0.39, 0.29) is 23.1 Å². The summed E-state index contributed by atoms with van der Waals surface area (Å²) in [5.41, 5.74) is 5.99. The van der Waals surface area contributed by atoms with Crippen LogP contribution in [0.1, 0.15) is 30.6 Å². The van der Waals surface area contributed by atoms with Gasteiger partial charge in [-0.05, 0) is 30.0 Å². The van der Waals surface area contributed by atoms with Gasteiger partial charge in [0.2, 0.25) is 0 Å². The molecule has 0 aromatic heterocycles. The number of carbonyl (C=O) groups excluding carboxylic acids is 1. The first kappa shape index (κ1) is 10.9. The molecule has 0 spiro atoms. The molecule has 3 nitrogen and oxygen atoms in total. The first-order valence-corrected chi connectivity index (χ1v) is 5.26. The van der Waals surface area contributed by atoms with Crippen molar-refractivity contribution in [2.75, 3.05) is 5.73 Å². The van der Waals surface area contributed by atoms with Crippen LogP contribution in [0, 0.1) is 11.2 Å². The highest BCUT2D eigenvalue weighted by Crippen LogP contribution is 2.44. The number of anilines is 1. The molecule has 16 heavy (non-hydrogen) atoms. The molecule has 0 bridgehead atoms. The molecule has 1 aromatic carbocycles. The molecule has 1 saturated carbocycles. The van der Waals surface area contributed by atoms with E-state index in [2.05, 4.69) is 19.2 Å². The molecule has 1 aromatic rings. The molecule has 1 amide bonds. The average molecular weight is 222 g/mol. The second-order valence-corrected chi connectivity index (χ2v) is 4.96. The van der Waals surface area contributed by atoms with Crippen molar-refractivity contribution in [3.05, 3.63) is 29.6 Å². The van der Waals surface area contributed by atoms with Crippen molar-refractivity contribution in [2.24, 2.45) is 5.41 Å². The Bertz CT molecular complexity index is 443. The fraction of sp³-hybridized carbons (Fsp3) is 0.417. The minimum Gasteiger partial charge on any atom is -0.396 e. The Balaban J connectivity index is 2.07. The largest absolute Gasteiger partial charge is 0.396 e. The molecule has 86 valence electrons. The van der Waals surface area contributed by atoms with Crippen LogP contribution >= 0.6 is 0 Å². The van der Waals surface area contributed by atoms with Gasteiger partial charge < -0.3 is 11.1 Å². The topological polar surface area (TPSA) is 55.1 Å². The van der Waals surface area contributed by atoms with E-state index < -0.39 is 5.82 Å². The van der Waals surface area contributed by atoms with E-state index in [1.807, 2.05) is 0 Å². The lowest BCUT2D eigenvalue weighted by atomic mass is 10.1. The summed E-state index contributed by atoms with van der Waals surface area (Å²) in [5.74, 6) is -0.689. The van der Waals surface area contributed by atoms with E-state index in [4.69, 9.17) is 5.73 Å². The Morgan fingerprint density at radius 3 is 2.69 bits per heavy atom. The van der Waals surface area contributed by atoms with Crippen LogP contribution in [-0.4, -0.2) is 11.9 Å². The minimum absolute atomic E-state index is 0.00251. The zero-order valence-corrected chi connectivity index (χ0v) is 9.38. The molecule has 3 N–H and O–H groups in total. The van der Waals surface area contributed by atoms with Gasteiger partial charge in [0.1, 0.15) is 5.82 Å². The molecule has 0 radical (unpaired) electrons. The maximum absolute atomic E-state index is 12.9. The number of halogens is 1. The number of nitrogens with two attached hydrogens (primary N) is 1. The number of hydrogen-bond donors (Lipinski definition) is 2. The van der Waals surface area contributed by atoms with Crippen molar-refractivity contribution in [2.45, 2.75) is 26.3 Å². The number of amides is 1. The number of rotatable bonds is 2. The van der Waals surface area contributed by atoms with Crippen LogP contribution in [0.2, 0.25) is 0 Å². The third-order valence-electron chi connectivity index (χ3n) is 3.08. The molecule has 0 aliphatic heterocycles. The van der Waals surface area contributed by atoms with Gasteiger partial charge in [-0.3, -0.25) is 4.79 Å². The van der Waals surface area contributed by atoms with Gasteiger partial charge in [-0.25, -0.2) is 4.39 Å². The van der Waals surface area contributed by atoms with E-state index in [1.54, 1.807) is 0 Å². The van der Waals surface area contributed by atoms with Gasteiger partial charge in [0, 0.05) is 11.6 Å². The summed E-state index contributed by atoms with van der Waals surface area (Å²) in [7, 11) is 0. The zero-order chi connectivity index (χ0) is 11.9. The third kappa shape index (κ3) is 2.01. The molecule has 1 aliphatic carbocycles. The van der Waals surface area contributed by atoms with Gasteiger partial charge >= 0.3 is 0 Å². The predicted octanol–water partition coefficient (Wildman–Crippen LogP) is 1.94. The van der Waals surface area contributed by atoms with E-state index >= 15 is 0 Å². The Morgan fingerprint density at radius 1 is 1.56 bits per heavy atom. The molecule has 0 heterocycles. The molecule has 2 rings (SSSR count). The van der Waals surface area contributed by atoms with Crippen molar-refractivity contribution in [1.82, 2.24) is 5.32 Å². The van der Waals surface area contributed by atoms with Gasteiger partial charge in [0.25, 0.3) is 5.91 Å². The fourth-order valence-electron chi connectivity index (χ4n) is 1.64. The van der Waals surface area contributed by atoms with Gasteiger partial charge in [0.15, 0.2) is 0 Å². The van der Waals surface area contributed by atoms with Crippen LogP contribution in [0.3, 0.4) is 0 Å². The van der Waals surface area contributed by atoms with Gasteiger partial charge in [-0.1, -0.05) is 13.8 Å². The lowest BCUT2D eigenvalue weighted by Crippen LogP contribution is -2.28. The maximum Gasteiger partial charge on any atom is 0.251 e. The molecule has 0 saturated heterocycles. The summed E-state index contributed by atoms with van der Waals surface area (Å²) >= 11 is 0. The van der Waals surface area contributed by atoms with E-state index in [9.17, 15) is 9.18 Å². The Morgan fingerprint density at radius 2 is 2.19 bits per heavy atom. The SMILES string of the molecule is CC1(C)CC1NC(=O)c1ccc(F)c(N)c1. The number of nitrogens with one attached hydrogen (secondary N) is 1. The normalized spacial score (nSPS) is 21.6. The second kappa shape index (κ2) is 3.47. The molecule has 1 aliphatic rings. The summed E-state index contributed by atoms with van der Waals surface area (Å²) in [4.78, 5) is 11.8.